The number of nitriles is 2. The predicted molar refractivity (Wildman–Crippen MR) is 80.5 cm³/mol. The molecule has 0 saturated carbocycles. The summed E-state index contributed by atoms with van der Waals surface area (Å²) < 4.78 is 77.2. The van der Waals surface area contributed by atoms with E-state index in [1.54, 1.807) is 0 Å². The smallest absolute Gasteiger partial charge is 0.306 e. The Morgan fingerprint density at radius 3 is 1.46 bits per heavy atom. The monoisotopic (exact) mass is 400 g/mol. The highest BCUT2D eigenvalue weighted by Crippen LogP contribution is 2.33. The molecule has 0 aliphatic heterocycles. The molecule has 2 heterocycles. The summed E-state index contributed by atoms with van der Waals surface area (Å²) in [5.74, 6) is 0. The first-order valence-corrected chi connectivity index (χ1v) is 6.98. The fraction of sp³-hybridized carbons (Fsp3) is 0.133. The minimum atomic E-state index is -4.91. The van der Waals surface area contributed by atoms with E-state index in [-0.39, 0.29) is 0 Å². The van der Waals surface area contributed by atoms with Gasteiger partial charge in [0.2, 0.25) is 0 Å². The van der Waals surface area contributed by atoms with Gasteiger partial charge in [0, 0.05) is 0 Å². The molecule has 2 amide bonds. The van der Waals surface area contributed by atoms with Crippen molar-refractivity contribution in [2.24, 2.45) is 0 Å². The molecule has 0 aliphatic rings. The molecule has 0 aliphatic carbocycles. The summed E-state index contributed by atoms with van der Waals surface area (Å²) in [6, 6.07) is 2.21. The maximum absolute atomic E-state index is 12.9. The Labute approximate surface area is 152 Å². The fourth-order valence-electron chi connectivity index (χ4n) is 1.97. The van der Waals surface area contributed by atoms with Gasteiger partial charge >= 0.3 is 18.4 Å². The van der Waals surface area contributed by atoms with Crippen molar-refractivity contribution in [3.8, 4) is 12.1 Å². The van der Waals surface area contributed by atoms with Gasteiger partial charge in [0.1, 0.15) is 12.1 Å². The number of hydrogen-bond donors (Lipinski definition) is 2. The van der Waals surface area contributed by atoms with Crippen LogP contribution in [0.5, 0.6) is 0 Å². The van der Waals surface area contributed by atoms with Gasteiger partial charge in [-0.15, -0.1) is 0 Å². The van der Waals surface area contributed by atoms with Gasteiger partial charge in [0.25, 0.3) is 0 Å². The van der Waals surface area contributed by atoms with Crippen molar-refractivity contribution < 1.29 is 31.1 Å². The van der Waals surface area contributed by atoms with Crippen LogP contribution in [0.4, 0.5) is 42.5 Å². The van der Waals surface area contributed by atoms with Crippen LogP contribution in [0.25, 0.3) is 0 Å². The molecule has 28 heavy (non-hydrogen) atoms. The number of carbonyl (C=O) groups is 1. The first-order valence-electron chi connectivity index (χ1n) is 6.98. The first-order chi connectivity index (χ1) is 13.0. The maximum Gasteiger partial charge on any atom is 0.419 e. The second-order valence-electron chi connectivity index (χ2n) is 5.04. The van der Waals surface area contributed by atoms with Crippen molar-refractivity contribution >= 4 is 17.4 Å². The SMILES string of the molecule is N#Cc1ncc(NC(=O)Nc2cnc(C#N)c(C(F)(F)F)c2)cc1C(F)(F)F. The molecule has 7 nitrogen and oxygen atoms in total. The summed E-state index contributed by atoms with van der Waals surface area (Å²) in [5, 5.41) is 21.2. The van der Waals surface area contributed by atoms with Gasteiger partial charge in [-0.2, -0.15) is 36.9 Å². The molecule has 0 bridgehead atoms. The van der Waals surface area contributed by atoms with Gasteiger partial charge in [-0.1, -0.05) is 0 Å². The summed E-state index contributed by atoms with van der Waals surface area (Å²) in [7, 11) is 0. The van der Waals surface area contributed by atoms with Crippen molar-refractivity contribution in [3.63, 3.8) is 0 Å². The predicted octanol–water partition coefficient (Wildman–Crippen LogP) is 3.90. The first kappa shape index (κ1) is 20.4. The molecular formula is C15H6F6N6O. The van der Waals surface area contributed by atoms with Gasteiger partial charge in [-0.05, 0) is 12.1 Å². The minimum Gasteiger partial charge on any atom is -0.306 e. The molecule has 2 N–H and O–H groups in total. The molecule has 0 radical (unpaired) electrons. The van der Waals surface area contributed by atoms with Crippen LogP contribution in [-0.2, 0) is 12.4 Å². The van der Waals surface area contributed by atoms with Gasteiger partial charge in [0.15, 0.2) is 11.4 Å². The molecular weight excluding hydrogens is 394 g/mol. The van der Waals surface area contributed by atoms with E-state index in [4.69, 9.17) is 10.5 Å². The third-order valence-corrected chi connectivity index (χ3v) is 3.11. The number of alkyl halides is 6. The van der Waals surface area contributed by atoms with Crippen LogP contribution in [0, 0.1) is 22.7 Å². The largest absolute Gasteiger partial charge is 0.419 e. The molecule has 0 unspecified atom stereocenters. The molecule has 2 aromatic rings. The van der Waals surface area contributed by atoms with E-state index in [9.17, 15) is 31.1 Å². The topological polar surface area (TPSA) is 114 Å². The summed E-state index contributed by atoms with van der Waals surface area (Å²) in [6.07, 6.45) is -8.28. The number of hydrogen-bond acceptors (Lipinski definition) is 5. The fourth-order valence-corrected chi connectivity index (χ4v) is 1.97. The number of urea groups is 1. The van der Waals surface area contributed by atoms with Crippen LogP contribution in [0.3, 0.4) is 0 Å². The molecule has 0 aromatic carbocycles. The van der Waals surface area contributed by atoms with Crippen LogP contribution in [0.15, 0.2) is 24.5 Å². The zero-order valence-electron chi connectivity index (χ0n) is 13.3. The summed E-state index contributed by atoms with van der Waals surface area (Å²) in [5.41, 5.74) is -5.53. The van der Waals surface area contributed by atoms with E-state index in [1.807, 2.05) is 10.6 Å². The molecule has 0 saturated heterocycles. The number of nitrogens with one attached hydrogen (secondary N) is 2. The van der Waals surface area contributed by atoms with Gasteiger partial charge in [-0.25, -0.2) is 14.8 Å². The Bertz CT molecular complexity index is 923. The maximum atomic E-state index is 12.9. The van der Waals surface area contributed by atoms with Crippen molar-refractivity contribution in [2.45, 2.75) is 12.4 Å². The van der Waals surface area contributed by atoms with Crippen LogP contribution in [0.2, 0.25) is 0 Å². The lowest BCUT2D eigenvalue weighted by atomic mass is 10.2. The van der Waals surface area contributed by atoms with Crippen LogP contribution in [0.1, 0.15) is 22.5 Å². The number of carbonyl (C=O) groups excluding carboxylic acids is 1. The molecule has 144 valence electrons. The quantitative estimate of drug-likeness (QED) is 0.742. The number of nitrogens with zero attached hydrogens (tertiary/aromatic N) is 4. The summed E-state index contributed by atoms with van der Waals surface area (Å²) in [6.45, 7) is 0. The number of rotatable bonds is 2. The Balaban J connectivity index is 2.24. The third kappa shape index (κ3) is 4.64. The molecule has 2 aromatic heterocycles. The van der Waals surface area contributed by atoms with Crippen molar-refractivity contribution in [1.82, 2.24) is 9.97 Å². The van der Waals surface area contributed by atoms with E-state index in [2.05, 4.69) is 9.97 Å². The van der Waals surface area contributed by atoms with Crippen molar-refractivity contribution in [1.29, 1.82) is 10.5 Å². The number of halogens is 6. The van der Waals surface area contributed by atoms with Crippen LogP contribution < -0.4 is 10.6 Å². The number of anilines is 2. The second kappa shape index (κ2) is 7.40. The number of aromatic nitrogens is 2. The van der Waals surface area contributed by atoms with Gasteiger partial charge in [-0.3, -0.25) is 0 Å². The van der Waals surface area contributed by atoms with Crippen LogP contribution >= 0.6 is 0 Å². The van der Waals surface area contributed by atoms with Gasteiger partial charge in [0.05, 0.1) is 34.9 Å². The molecule has 13 heteroatoms. The molecule has 2 rings (SSSR count). The zero-order valence-corrected chi connectivity index (χ0v) is 13.3. The average molecular weight is 400 g/mol. The van der Waals surface area contributed by atoms with E-state index >= 15 is 0 Å². The second-order valence-corrected chi connectivity index (χ2v) is 5.04. The summed E-state index contributed by atoms with van der Waals surface area (Å²) in [4.78, 5) is 18.4. The van der Waals surface area contributed by atoms with E-state index in [1.165, 1.54) is 12.1 Å². The Hall–Kier alpha value is -3.87. The van der Waals surface area contributed by atoms with Crippen molar-refractivity contribution in [2.75, 3.05) is 10.6 Å². The lowest BCUT2D eigenvalue weighted by molar-refractivity contribution is -0.138. The van der Waals surface area contributed by atoms with Crippen LogP contribution in [-0.4, -0.2) is 16.0 Å². The van der Waals surface area contributed by atoms with Gasteiger partial charge < -0.3 is 10.6 Å². The molecule has 0 spiro atoms. The van der Waals surface area contributed by atoms with E-state index in [0.29, 0.717) is 12.1 Å². The molecule has 0 atom stereocenters. The third-order valence-electron chi connectivity index (χ3n) is 3.11. The highest BCUT2D eigenvalue weighted by Gasteiger charge is 2.36. The highest BCUT2D eigenvalue weighted by molar-refractivity contribution is 5.99. The Morgan fingerprint density at radius 1 is 0.821 bits per heavy atom. The number of amides is 2. The van der Waals surface area contributed by atoms with E-state index in [0.717, 1.165) is 12.4 Å². The minimum absolute atomic E-state index is 0.448. The molecule has 0 fully saturated rings. The van der Waals surface area contributed by atoms with E-state index < -0.39 is 52.3 Å². The number of pyridine rings is 2. The standard InChI is InChI=1S/C15H6F6N6O/c16-14(17,18)9-1-7(5-24-11(9)3-22)26-13(28)27-8-2-10(15(19,20)21)12(4-23)25-6-8/h1-2,5-6H,(H2,26,27,28). The average Bonchev–Trinajstić information content (AvgIpc) is 2.60. The Morgan fingerprint density at radius 2 is 1.18 bits per heavy atom. The van der Waals surface area contributed by atoms with Crippen molar-refractivity contribution in [3.05, 3.63) is 47.0 Å². The zero-order chi connectivity index (χ0) is 21.1. The lowest BCUT2D eigenvalue weighted by Gasteiger charge is -2.13. The summed E-state index contributed by atoms with van der Waals surface area (Å²) >= 11 is 0. The normalized spacial score (nSPS) is 11.3. The highest BCUT2D eigenvalue weighted by atomic mass is 19.4. The Kier molecular flexibility index (Phi) is 5.40. The lowest BCUT2D eigenvalue weighted by Crippen LogP contribution is -2.21.